The second kappa shape index (κ2) is 10.2. The molecule has 0 aromatic heterocycles. The summed E-state index contributed by atoms with van der Waals surface area (Å²) in [7, 11) is 0. The summed E-state index contributed by atoms with van der Waals surface area (Å²) in [4.78, 5) is 36.1. The first-order valence-electron chi connectivity index (χ1n) is 9.77. The van der Waals surface area contributed by atoms with Gasteiger partial charge < -0.3 is 10.6 Å². The highest BCUT2D eigenvalue weighted by molar-refractivity contribution is 9.10. The Labute approximate surface area is 182 Å². The molecule has 8 heteroatoms. The van der Waals surface area contributed by atoms with Crippen LogP contribution in [0.25, 0.3) is 6.08 Å². The molecule has 3 rings (SSSR count). The number of carbonyl (C=O) groups is 2. The number of non-ortho nitro benzene ring substituents is 1. The number of halogens is 1. The maximum Gasteiger partial charge on any atom is 0.269 e. The van der Waals surface area contributed by atoms with Gasteiger partial charge >= 0.3 is 0 Å². The predicted molar refractivity (Wildman–Crippen MR) is 118 cm³/mol. The third-order valence-corrected chi connectivity index (χ3v) is 5.66. The van der Waals surface area contributed by atoms with Gasteiger partial charge in [-0.3, -0.25) is 19.7 Å². The molecule has 1 aliphatic carbocycles. The van der Waals surface area contributed by atoms with Crippen LogP contribution in [0, 0.1) is 10.1 Å². The Kier molecular flexibility index (Phi) is 7.35. The highest BCUT2D eigenvalue weighted by atomic mass is 79.9. The molecule has 2 N–H and O–H groups in total. The average molecular weight is 472 g/mol. The van der Waals surface area contributed by atoms with Crippen molar-refractivity contribution in [3.8, 4) is 0 Å². The zero-order valence-corrected chi connectivity index (χ0v) is 17.9. The van der Waals surface area contributed by atoms with Crippen molar-refractivity contribution in [3.63, 3.8) is 0 Å². The summed E-state index contributed by atoms with van der Waals surface area (Å²) in [5.41, 5.74) is 1.02. The maximum absolute atomic E-state index is 12.9. The fourth-order valence-corrected chi connectivity index (χ4v) is 3.83. The molecule has 7 nitrogen and oxygen atoms in total. The SMILES string of the molecule is O=C(NC1CCCCC1)/C(=C\c1ccc([N+](=O)[O-])cc1)NC(=O)c1ccccc1Br. The summed E-state index contributed by atoms with van der Waals surface area (Å²) >= 11 is 3.35. The first-order valence-corrected chi connectivity index (χ1v) is 10.6. The number of benzene rings is 2. The Balaban J connectivity index is 1.85. The van der Waals surface area contributed by atoms with Crippen LogP contribution in [0.3, 0.4) is 0 Å². The van der Waals surface area contributed by atoms with Crippen molar-refractivity contribution in [2.75, 3.05) is 0 Å². The predicted octanol–water partition coefficient (Wildman–Crippen LogP) is 4.58. The Bertz CT molecular complexity index is 967. The minimum atomic E-state index is -0.487. The summed E-state index contributed by atoms with van der Waals surface area (Å²) < 4.78 is 0.616. The Hall–Kier alpha value is -3.00. The monoisotopic (exact) mass is 471 g/mol. The zero-order valence-electron chi connectivity index (χ0n) is 16.3. The molecular formula is C22H22BrN3O4. The van der Waals surface area contributed by atoms with Gasteiger partial charge in [0.25, 0.3) is 17.5 Å². The van der Waals surface area contributed by atoms with Crippen LogP contribution in [-0.2, 0) is 4.79 Å². The number of nitro benzene ring substituents is 1. The molecule has 0 heterocycles. The first-order chi connectivity index (χ1) is 14.4. The number of carbonyl (C=O) groups excluding carboxylic acids is 2. The van der Waals surface area contributed by atoms with Gasteiger partial charge in [-0.25, -0.2) is 0 Å². The molecule has 0 aliphatic heterocycles. The van der Waals surface area contributed by atoms with Crippen LogP contribution >= 0.6 is 15.9 Å². The maximum atomic E-state index is 12.9. The number of nitro groups is 1. The smallest absolute Gasteiger partial charge is 0.269 e. The lowest BCUT2D eigenvalue weighted by atomic mass is 9.95. The van der Waals surface area contributed by atoms with Crippen LogP contribution in [0.4, 0.5) is 5.69 Å². The van der Waals surface area contributed by atoms with E-state index in [9.17, 15) is 19.7 Å². The molecule has 0 spiro atoms. The zero-order chi connectivity index (χ0) is 21.5. The molecule has 30 heavy (non-hydrogen) atoms. The third kappa shape index (κ3) is 5.76. The van der Waals surface area contributed by atoms with E-state index in [1.165, 1.54) is 30.3 Å². The van der Waals surface area contributed by atoms with Crippen molar-refractivity contribution >= 4 is 39.5 Å². The fraction of sp³-hybridized carbons (Fsp3) is 0.273. The molecular weight excluding hydrogens is 450 g/mol. The number of hydrogen-bond donors (Lipinski definition) is 2. The second-order valence-corrected chi connectivity index (χ2v) is 8.00. The molecule has 2 aromatic carbocycles. The first kappa shape index (κ1) is 21.7. The summed E-state index contributed by atoms with van der Waals surface area (Å²) in [6.07, 6.45) is 6.64. The van der Waals surface area contributed by atoms with Gasteiger partial charge in [-0.2, -0.15) is 0 Å². The van der Waals surface area contributed by atoms with Crippen molar-refractivity contribution in [1.82, 2.24) is 10.6 Å². The van der Waals surface area contributed by atoms with E-state index in [1.807, 2.05) is 0 Å². The van der Waals surface area contributed by atoms with Crippen molar-refractivity contribution in [1.29, 1.82) is 0 Å². The van der Waals surface area contributed by atoms with E-state index < -0.39 is 10.8 Å². The second-order valence-electron chi connectivity index (χ2n) is 7.15. The van der Waals surface area contributed by atoms with E-state index in [0.29, 0.717) is 15.6 Å². The fourth-order valence-electron chi connectivity index (χ4n) is 3.36. The van der Waals surface area contributed by atoms with Crippen LogP contribution < -0.4 is 10.6 Å². The van der Waals surface area contributed by atoms with Crippen LogP contribution in [0.1, 0.15) is 48.0 Å². The minimum absolute atomic E-state index is 0.0439. The highest BCUT2D eigenvalue weighted by Crippen LogP contribution is 2.20. The lowest BCUT2D eigenvalue weighted by molar-refractivity contribution is -0.384. The minimum Gasteiger partial charge on any atom is -0.348 e. The van der Waals surface area contributed by atoms with Gasteiger partial charge in [0.05, 0.1) is 10.5 Å². The van der Waals surface area contributed by atoms with Crippen molar-refractivity contribution in [3.05, 3.63) is 79.9 Å². The lowest BCUT2D eigenvalue weighted by Gasteiger charge is -2.23. The molecule has 0 atom stereocenters. The van der Waals surface area contributed by atoms with Crippen molar-refractivity contribution in [2.24, 2.45) is 0 Å². The van der Waals surface area contributed by atoms with Gasteiger partial charge in [-0.1, -0.05) is 31.4 Å². The summed E-state index contributed by atoms with van der Waals surface area (Å²) in [6, 6.07) is 12.8. The van der Waals surface area contributed by atoms with Crippen LogP contribution in [-0.4, -0.2) is 22.8 Å². The topological polar surface area (TPSA) is 101 Å². The van der Waals surface area contributed by atoms with Crippen LogP contribution in [0.5, 0.6) is 0 Å². The number of amides is 2. The number of nitrogens with zero attached hydrogens (tertiary/aromatic N) is 1. The normalized spacial score (nSPS) is 14.8. The Morgan fingerprint density at radius 1 is 1.03 bits per heavy atom. The van der Waals surface area contributed by atoms with Crippen LogP contribution in [0.2, 0.25) is 0 Å². The molecule has 0 radical (unpaired) electrons. The molecule has 0 saturated heterocycles. The molecule has 156 valence electrons. The summed E-state index contributed by atoms with van der Waals surface area (Å²) in [5.74, 6) is -0.796. The largest absolute Gasteiger partial charge is 0.348 e. The van der Waals surface area contributed by atoms with Gasteiger partial charge in [-0.05, 0) is 64.7 Å². The number of rotatable bonds is 6. The van der Waals surface area contributed by atoms with Crippen molar-refractivity contribution < 1.29 is 14.5 Å². The van der Waals surface area contributed by atoms with E-state index in [4.69, 9.17) is 0 Å². The van der Waals surface area contributed by atoms with E-state index in [2.05, 4.69) is 26.6 Å². The summed E-state index contributed by atoms with van der Waals surface area (Å²) in [6.45, 7) is 0. The standard InChI is InChI=1S/C22H22BrN3O4/c23-19-9-5-4-8-18(19)21(27)25-20(22(28)24-16-6-2-1-3-7-16)14-15-10-12-17(13-11-15)26(29)30/h4-5,8-14,16H,1-3,6-7H2,(H,24,28)(H,25,27)/b20-14+. The lowest BCUT2D eigenvalue weighted by Crippen LogP contribution is -2.41. The number of hydrogen-bond acceptors (Lipinski definition) is 4. The van der Waals surface area contributed by atoms with Crippen molar-refractivity contribution in [2.45, 2.75) is 38.1 Å². The molecule has 2 amide bonds. The molecule has 1 saturated carbocycles. The number of nitrogens with one attached hydrogen (secondary N) is 2. The molecule has 0 unspecified atom stereocenters. The molecule has 2 aromatic rings. The molecule has 1 aliphatic rings. The third-order valence-electron chi connectivity index (χ3n) is 4.97. The van der Waals surface area contributed by atoms with E-state index in [1.54, 1.807) is 24.3 Å². The Morgan fingerprint density at radius 3 is 2.33 bits per heavy atom. The molecule has 0 bridgehead atoms. The molecule has 1 fully saturated rings. The van der Waals surface area contributed by atoms with E-state index in [0.717, 1.165) is 32.1 Å². The van der Waals surface area contributed by atoms with Gasteiger partial charge in [-0.15, -0.1) is 0 Å². The average Bonchev–Trinajstić information content (AvgIpc) is 2.74. The van der Waals surface area contributed by atoms with Gasteiger partial charge in [0.1, 0.15) is 5.70 Å². The van der Waals surface area contributed by atoms with Gasteiger partial charge in [0.15, 0.2) is 0 Å². The Morgan fingerprint density at radius 2 is 1.70 bits per heavy atom. The highest BCUT2D eigenvalue weighted by Gasteiger charge is 2.21. The van der Waals surface area contributed by atoms with E-state index in [-0.39, 0.29) is 23.3 Å². The quantitative estimate of drug-likeness (QED) is 0.365. The van der Waals surface area contributed by atoms with E-state index >= 15 is 0 Å². The summed E-state index contributed by atoms with van der Waals surface area (Å²) in [5, 5.41) is 16.6. The van der Waals surface area contributed by atoms with Gasteiger partial charge in [0, 0.05) is 22.6 Å². The van der Waals surface area contributed by atoms with Gasteiger partial charge in [0.2, 0.25) is 0 Å². The van der Waals surface area contributed by atoms with Crippen LogP contribution in [0.15, 0.2) is 58.7 Å².